The number of hydrogen-bond acceptors (Lipinski definition) is 5. The molecule has 24 heavy (non-hydrogen) atoms. The van der Waals surface area contributed by atoms with E-state index in [-0.39, 0.29) is 16.0 Å². The van der Waals surface area contributed by atoms with Crippen molar-refractivity contribution >= 4 is 25.7 Å². The fraction of sp³-hybridized carbons (Fsp3) is 0.600. The van der Waals surface area contributed by atoms with Gasteiger partial charge in [-0.2, -0.15) is 9.03 Å². The van der Waals surface area contributed by atoms with E-state index in [9.17, 15) is 16.8 Å². The van der Waals surface area contributed by atoms with E-state index in [2.05, 4.69) is 10.0 Å². The third kappa shape index (κ3) is 2.83. The topological polar surface area (TPSA) is 95.6 Å². The van der Waals surface area contributed by atoms with Gasteiger partial charge in [-0.1, -0.05) is 6.42 Å². The third-order valence-corrected chi connectivity index (χ3v) is 8.26. The van der Waals surface area contributed by atoms with Gasteiger partial charge in [-0.15, -0.1) is 0 Å². The van der Waals surface area contributed by atoms with Crippen LogP contribution in [0.3, 0.4) is 0 Å². The van der Waals surface area contributed by atoms with Crippen LogP contribution >= 0.6 is 0 Å². The van der Waals surface area contributed by atoms with Crippen LogP contribution in [0.5, 0.6) is 0 Å². The van der Waals surface area contributed by atoms with E-state index in [0.717, 1.165) is 32.1 Å². The molecular formula is C15H21N3O4S2. The lowest BCUT2D eigenvalue weighted by Gasteiger charge is -2.29. The Balaban J connectivity index is 1.70. The highest BCUT2D eigenvalue weighted by atomic mass is 32.2. The Morgan fingerprint density at radius 3 is 2.46 bits per heavy atom. The predicted molar refractivity (Wildman–Crippen MR) is 89.5 cm³/mol. The summed E-state index contributed by atoms with van der Waals surface area (Å²) in [7, 11) is -7.36. The molecule has 3 aliphatic rings. The number of hydrogen-bond donors (Lipinski definition) is 2. The highest BCUT2D eigenvalue weighted by Crippen LogP contribution is 2.38. The Labute approximate surface area is 142 Å². The standard InChI is InChI=1S/C15H21N3O4S2/c19-23(20)14-10-12(24(21,22)18-8-2-1-3-9-18)6-7-13(14)16-15(17-23)11-4-5-11/h6-7,10-11,15-17H,1-5,8-9H2. The summed E-state index contributed by atoms with van der Waals surface area (Å²) < 4.78 is 54.6. The van der Waals surface area contributed by atoms with Gasteiger partial charge in [0.05, 0.1) is 16.7 Å². The second kappa shape index (κ2) is 5.69. The van der Waals surface area contributed by atoms with E-state index in [0.29, 0.717) is 24.7 Å². The zero-order valence-corrected chi connectivity index (χ0v) is 14.9. The van der Waals surface area contributed by atoms with E-state index in [4.69, 9.17) is 0 Å². The van der Waals surface area contributed by atoms with Gasteiger partial charge in [0.1, 0.15) is 4.90 Å². The maximum Gasteiger partial charge on any atom is 0.244 e. The van der Waals surface area contributed by atoms with Crippen LogP contribution in [-0.2, 0) is 20.0 Å². The third-order valence-electron chi connectivity index (χ3n) is 4.88. The second-order valence-electron chi connectivity index (χ2n) is 6.70. The second-order valence-corrected chi connectivity index (χ2v) is 10.3. The van der Waals surface area contributed by atoms with E-state index >= 15 is 0 Å². The summed E-state index contributed by atoms with van der Waals surface area (Å²) in [6.45, 7) is 0.985. The SMILES string of the molecule is O=S1(=O)NC(C2CC2)Nc2ccc(S(=O)(=O)N3CCCCC3)cc21. The average molecular weight is 371 g/mol. The molecule has 4 rings (SSSR count). The summed E-state index contributed by atoms with van der Waals surface area (Å²) in [6, 6.07) is 4.35. The number of nitrogens with one attached hydrogen (secondary N) is 2. The van der Waals surface area contributed by atoms with Crippen molar-refractivity contribution in [1.82, 2.24) is 9.03 Å². The Kier molecular flexibility index (Phi) is 3.87. The number of piperidine rings is 1. The van der Waals surface area contributed by atoms with Crippen LogP contribution in [0.4, 0.5) is 5.69 Å². The zero-order chi connectivity index (χ0) is 16.9. The number of fused-ring (bicyclic) bond motifs is 1. The van der Waals surface area contributed by atoms with Gasteiger partial charge >= 0.3 is 0 Å². The van der Waals surface area contributed by atoms with Crippen molar-refractivity contribution in [3.63, 3.8) is 0 Å². The first-order valence-corrected chi connectivity index (χ1v) is 11.2. The minimum absolute atomic E-state index is 0.0116. The van der Waals surface area contributed by atoms with Crippen molar-refractivity contribution in [2.45, 2.75) is 48.1 Å². The molecule has 0 amide bonds. The summed E-state index contributed by atoms with van der Waals surface area (Å²) in [5, 5.41) is 3.17. The lowest BCUT2D eigenvalue weighted by atomic mass is 10.2. The number of sulfonamides is 2. The smallest absolute Gasteiger partial charge is 0.244 e. The molecule has 1 saturated heterocycles. The highest BCUT2D eigenvalue weighted by molar-refractivity contribution is 7.90. The normalized spacial score (nSPS) is 27.2. The maximum absolute atomic E-state index is 12.8. The van der Waals surface area contributed by atoms with Crippen LogP contribution in [0.1, 0.15) is 32.1 Å². The molecule has 1 aliphatic carbocycles. The molecule has 2 fully saturated rings. The van der Waals surface area contributed by atoms with Crippen molar-refractivity contribution < 1.29 is 16.8 Å². The molecule has 0 spiro atoms. The number of rotatable bonds is 3. The molecule has 132 valence electrons. The summed E-state index contributed by atoms with van der Waals surface area (Å²) >= 11 is 0. The van der Waals surface area contributed by atoms with Gasteiger partial charge < -0.3 is 5.32 Å². The first kappa shape index (κ1) is 16.3. The molecular weight excluding hydrogens is 350 g/mol. The fourth-order valence-corrected chi connectivity index (χ4v) is 6.36. The molecule has 0 aromatic heterocycles. The molecule has 1 saturated carbocycles. The van der Waals surface area contributed by atoms with Gasteiger partial charge in [-0.3, -0.25) is 0 Å². The molecule has 0 radical (unpaired) electrons. The summed E-state index contributed by atoms with van der Waals surface area (Å²) in [5.74, 6) is 0.310. The van der Waals surface area contributed by atoms with E-state index in [1.807, 2.05) is 0 Å². The summed E-state index contributed by atoms with van der Waals surface area (Å²) in [4.78, 5) is 0.0534. The predicted octanol–water partition coefficient (Wildman–Crippen LogP) is 1.30. The quantitative estimate of drug-likeness (QED) is 0.835. The zero-order valence-electron chi connectivity index (χ0n) is 13.2. The lowest BCUT2D eigenvalue weighted by molar-refractivity contribution is 0.346. The largest absolute Gasteiger partial charge is 0.368 e. The molecule has 9 heteroatoms. The van der Waals surface area contributed by atoms with Gasteiger partial charge in [-0.05, 0) is 49.8 Å². The van der Waals surface area contributed by atoms with Gasteiger partial charge in [0.2, 0.25) is 20.0 Å². The van der Waals surface area contributed by atoms with Crippen LogP contribution in [0, 0.1) is 5.92 Å². The molecule has 7 nitrogen and oxygen atoms in total. The van der Waals surface area contributed by atoms with Crippen molar-refractivity contribution in [3.05, 3.63) is 18.2 Å². The van der Waals surface area contributed by atoms with Crippen LogP contribution in [-0.4, -0.2) is 40.4 Å². The van der Waals surface area contributed by atoms with E-state index < -0.39 is 20.0 Å². The number of anilines is 1. The molecule has 1 aromatic carbocycles. The van der Waals surface area contributed by atoms with Crippen molar-refractivity contribution in [2.75, 3.05) is 18.4 Å². The monoisotopic (exact) mass is 371 g/mol. The van der Waals surface area contributed by atoms with E-state index in [1.165, 1.54) is 16.4 Å². The Bertz CT molecular complexity index is 857. The molecule has 2 heterocycles. The van der Waals surface area contributed by atoms with Crippen molar-refractivity contribution in [3.8, 4) is 0 Å². The molecule has 2 aliphatic heterocycles. The van der Waals surface area contributed by atoms with E-state index in [1.54, 1.807) is 6.07 Å². The molecule has 1 unspecified atom stereocenters. The van der Waals surface area contributed by atoms with Crippen LogP contribution in [0.2, 0.25) is 0 Å². The summed E-state index contributed by atoms with van der Waals surface area (Å²) in [5.41, 5.74) is 0.475. The summed E-state index contributed by atoms with van der Waals surface area (Å²) in [6.07, 6.45) is 4.41. The van der Waals surface area contributed by atoms with Crippen LogP contribution in [0.15, 0.2) is 28.0 Å². The number of nitrogens with zero attached hydrogens (tertiary/aromatic N) is 1. The first-order chi connectivity index (χ1) is 11.4. The fourth-order valence-electron chi connectivity index (χ4n) is 3.33. The van der Waals surface area contributed by atoms with Crippen molar-refractivity contribution in [2.24, 2.45) is 5.92 Å². The Morgan fingerprint density at radius 2 is 1.79 bits per heavy atom. The molecule has 2 N–H and O–H groups in total. The van der Waals surface area contributed by atoms with Gasteiger partial charge in [-0.25, -0.2) is 16.8 Å². The minimum atomic E-state index is -3.71. The molecule has 1 aromatic rings. The Morgan fingerprint density at radius 1 is 1.08 bits per heavy atom. The van der Waals surface area contributed by atoms with Gasteiger partial charge in [0, 0.05) is 13.1 Å². The van der Waals surface area contributed by atoms with Crippen LogP contribution < -0.4 is 10.0 Å². The molecule has 0 bridgehead atoms. The highest BCUT2D eigenvalue weighted by Gasteiger charge is 2.39. The minimum Gasteiger partial charge on any atom is -0.368 e. The van der Waals surface area contributed by atoms with Gasteiger partial charge in [0.15, 0.2) is 0 Å². The maximum atomic E-state index is 12.8. The average Bonchev–Trinajstić information content (AvgIpc) is 3.39. The molecule has 1 atom stereocenters. The van der Waals surface area contributed by atoms with Crippen LogP contribution in [0.25, 0.3) is 0 Å². The van der Waals surface area contributed by atoms with Crippen molar-refractivity contribution in [1.29, 1.82) is 0 Å². The first-order valence-electron chi connectivity index (χ1n) is 8.31. The van der Waals surface area contributed by atoms with Gasteiger partial charge in [0.25, 0.3) is 0 Å². The lowest BCUT2D eigenvalue weighted by Crippen LogP contribution is -2.46. The number of benzene rings is 1. The Hall–Kier alpha value is -1.16.